The maximum atomic E-state index is 13.3. The Balaban J connectivity index is 1.78. The molecule has 6 heteroatoms. The molecule has 178 valence electrons. The third kappa shape index (κ3) is 6.21. The standard InChI is InChI=1S/C27H34O6/c1-2-3-4-5-6-7-8-9-10-11-12-21-26(32)25-23(31)16-19(29)17-24(25)33-27(21)20-14-13-18(28)15-22(20)30/h13-17,28-31H,2-12H2,1H3. The van der Waals surface area contributed by atoms with Crippen LogP contribution in [0.25, 0.3) is 22.3 Å². The Labute approximate surface area is 194 Å². The molecule has 33 heavy (non-hydrogen) atoms. The summed E-state index contributed by atoms with van der Waals surface area (Å²) in [7, 11) is 0. The van der Waals surface area contributed by atoms with E-state index in [2.05, 4.69) is 6.92 Å². The lowest BCUT2D eigenvalue weighted by Gasteiger charge is -2.12. The lowest BCUT2D eigenvalue weighted by molar-refractivity contribution is 0.449. The number of fused-ring (bicyclic) bond motifs is 1. The fourth-order valence-electron chi connectivity index (χ4n) is 4.27. The average molecular weight is 455 g/mol. The van der Waals surface area contributed by atoms with Crippen LogP contribution in [0.15, 0.2) is 39.5 Å². The van der Waals surface area contributed by atoms with E-state index in [1.54, 1.807) is 0 Å². The summed E-state index contributed by atoms with van der Waals surface area (Å²) in [5, 5.41) is 40.1. The van der Waals surface area contributed by atoms with E-state index in [1.165, 1.54) is 69.2 Å². The Bertz CT molecular complexity index is 1130. The molecule has 0 radical (unpaired) electrons. The summed E-state index contributed by atoms with van der Waals surface area (Å²) >= 11 is 0. The maximum Gasteiger partial charge on any atom is 0.200 e. The zero-order valence-electron chi connectivity index (χ0n) is 19.3. The number of benzene rings is 2. The molecule has 1 aromatic heterocycles. The van der Waals surface area contributed by atoms with Gasteiger partial charge >= 0.3 is 0 Å². The summed E-state index contributed by atoms with van der Waals surface area (Å²) < 4.78 is 5.92. The largest absolute Gasteiger partial charge is 0.508 e. The summed E-state index contributed by atoms with van der Waals surface area (Å²) in [6.45, 7) is 2.22. The predicted octanol–water partition coefficient (Wildman–Crippen LogP) is 6.75. The van der Waals surface area contributed by atoms with Crippen molar-refractivity contribution in [1.82, 2.24) is 0 Å². The highest BCUT2D eigenvalue weighted by molar-refractivity contribution is 5.87. The molecular formula is C27H34O6. The van der Waals surface area contributed by atoms with Crippen LogP contribution in [-0.4, -0.2) is 20.4 Å². The molecule has 3 aromatic rings. The quantitative estimate of drug-likeness (QED) is 0.225. The van der Waals surface area contributed by atoms with Gasteiger partial charge in [0.1, 0.15) is 39.7 Å². The molecule has 0 unspecified atom stereocenters. The van der Waals surface area contributed by atoms with E-state index in [-0.39, 0.29) is 50.7 Å². The van der Waals surface area contributed by atoms with Gasteiger partial charge in [0.15, 0.2) is 5.43 Å². The number of aromatic hydroxyl groups is 4. The smallest absolute Gasteiger partial charge is 0.200 e. The van der Waals surface area contributed by atoms with Crippen molar-refractivity contribution in [3.8, 4) is 34.3 Å². The Kier molecular flexibility index (Phi) is 8.64. The predicted molar refractivity (Wildman–Crippen MR) is 130 cm³/mol. The molecule has 3 rings (SSSR count). The number of hydrogen-bond donors (Lipinski definition) is 4. The zero-order valence-corrected chi connectivity index (χ0v) is 19.3. The Morgan fingerprint density at radius 3 is 1.97 bits per heavy atom. The number of phenols is 4. The van der Waals surface area contributed by atoms with Gasteiger partial charge < -0.3 is 24.8 Å². The molecule has 0 bridgehead atoms. The molecule has 1 heterocycles. The van der Waals surface area contributed by atoms with Crippen LogP contribution in [0.1, 0.15) is 76.7 Å². The molecular weight excluding hydrogens is 420 g/mol. The van der Waals surface area contributed by atoms with E-state index in [0.29, 0.717) is 12.0 Å². The topological polar surface area (TPSA) is 111 Å². The van der Waals surface area contributed by atoms with Crippen molar-refractivity contribution in [3.05, 3.63) is 46.1 Å². The van der Waals surface area contributed by atoms with Gasteiger partial charge in [-0.15, -0.1) is 0 Å². The molecule has 0 atom stereocenters. The second-order valence-corrected chi connectivity index (χ2v) is 8.71. The van der Waals surface area contributed by atoms with Crippen molar-refractivity contribution in [2.75, 3.05) is 0 Å². The SMILES string of the molecule is CCCCCCCCCCCCc1c(-c2ccc(O)cc2O)oc2cc(O)cc(O)c2c1=O. The molecule has 2 aromatic carbocycles. The Morgan fingerprint density at radius 2 is 1.33 bits per heavy atom. The van der Waals surface area contributed by atoms with Crippen molar-refractivity contribution in [1.29, 1.82) is 0 Å². The molecule has 4 N–H and O–H groups in total. The second-order valence-electron chi connectivity index (χ2n) is 8.71. The molecule has 0 amide bonds. The summed E-state index contributed by atoms with van der Waals surface area (Å²) in [4.78, 5) is 13.3. The van der Waals surface area contributed by atoms with E-state index in [1.807, 2.05) is 0 Å². The normalized spacial score (nSPS) is 11.3. The molecule has 0 spiro atoms. The summed E-state index contributed by atoms with van der Waals surface area (Å²) in [5.74, 6) is -0.709. The number of phenolic OH excluding ortho intramolecular Hbond substituents is 4. The van der Waals surface area contributed by atoms with Gasteiger partial charge in [-0.05, 0) is 25.0 Å². The highest BCUT2D eigenvalue weighted by Crippen LogP contribution is 2.37. The van der Waals surface area contributed by atoms with Crippen molar-refractivity contribution < 1.29 is 24.8 Å². The summed E-state index contributed by atoms with van der Waals surface area (Å²) in [6.07, 6.45) is 12.1. The van der Waals surface area contributed by atoms with Crippen LogP contribution in [0.5, 0.6) is 23.0 Å². The first kappa shape index (κ1) is 24.5. The fraction of sp³-hybridized carbons (Fsp3) is 0.444. The third-order valence-electron chi connectivity index (χ3n) is 6.06. The Morgan fingerprint density at radius 1 is 0.727 bits per heavy atom. The van der Waals surface area contributed by atoms with Crippen molar-refractivity contribution in [3.63, 3.8) is 0 Å². The van der Waals surface area contributed by atoms with E-state index in [4.69, 9.17) is 4.42 Å². The van der Waals surface area contributed by atoms with Crippen LogP contribution in [0, 0.1) is 0 Å². The van der Waals surface area contributed by atoms with Gasteiger partial charge in [0.2, 0.25) is 0 Å². The van der Waals surface area contributed by atoms with Gasteiger partial charge in [-0.25, -0.2) is 0 Å². The molecule has 0 saturated carbocycles. The van der Waals surface area contributed by atoms with Crippen LogP contribution in [0.3, 0.4) is 0 Å². The lowest BCUT2D eigenvalue weighted by Crippen LogP contribution is -2.11. The van der Waals surface area contributed by atoms with Crippen LogP contribution >= 0.6 is 0 Å². The highest BCUT2D eigenvalue weighted by atomic mass is 16.3. The Hall–Kier alpha value is -3.15. The minimum Gasteiger partial charge on any atom is -0.508 e. The van der Waals surface area contributed by atoms with E-state index in [0.717, 1.165) is 25.3 Å². The summed E-state index contributed by atoms with van der Waals surface area (Å²) in [5.41, 5.74) is 0.291. The van der Waals surface area contributed by atoms with Crippen LogP contribution in [0.2, 0.25) is 0 Å². The first-order chi connectivity index (χ1) is 15.9. The van der Waals surface area contributed by atoms with Gasteiger partial charge in [-0.2, -0.15) is 0 Å². The number of hydrogen-bond acceptors (Lipinski definition) is 6. The maximum absolute atomic E-state index is 13.3. The lowest BCUT2D eigenvalue weighted by atomic mass is 9.98. The van der Waals surface area contributed by atoms with Gasteiger partial charge in [-0.3, -0.25) is 4.79 Å². The third-order valence-corrected chi connectivity index (χ3v) is 6.06. The molecule has 0 aliphatic carbocycles. The number of rotatable bonds is 12. The molecule has 0 saturated heterocycles. The van der Waals surface area contributed by atoms with Crippen LogP contribution < -0.4 is 5.43 Å². The summed E-state index contributed by atoms with van der Waals surface area (Å²) in [6, 6.07) is 6.45. The number of unbranched alkanes of at least 4 members (excludes halogenated alkanes) is 9. The molecule has 0 aliphatic rings. The second kappa shape index (κ2) is 11.6. The van der Waals surface area contributed by atoms with Crippen molar-refractivity contribution in [2.24, 2.45) is 0 Å². The highest BCUT2D eigenvalue weighted by Gasteiger charge is 2.21. The van der Waals surface area contributed by atoms with Gasteiger partial charge in [0.05, 0.1) is 5.56 Å². The average Bonchev–Trinajstić information content (AvgIpc) is 2.75. The van der Waals surface area contributed by atoms with E-state index < -0.39 is 0 Å². The molecule has 0 aliphatic heterocycles. The zero-order chi connectivity index (χ0) is 23.8. The van der Waals surface area contributed by atoms with Crippen molar-refractivity contribution in [2.45, 2.75) is 77.6 Å². The first-order valence-corrected chi connectivity index (χ1v) is 12.0. The van der Waals surface area contributed by atoms with Crippen LogP contribution in [0.4, 0.5) is 0 Å². The fourth-order valence-corrected chi connectivity index (χ4v) is 4.27. The van der Waals surface area contributed by atoms with E-state index in [9.17, 15) is 25.2 Å². The minimum absolute atomic E-state index is 0.0110. The van der Waals surface area contributed by atoms with Gasteiger partial charge in [0, 0.05) is 23.8 Å². The molecule has 0 fully saturated rings. The molecule has 6 nitrogen and oxygen atoms in total. The van der Waals surface area contributed by atoms with Gasteiger partial charge in [-0.1, -0.05) is 64.7 Å². The first-order valence-electron chi connectivity index (χ1n) is 12.0. The van der Waals surface area contributed by atoms with Crippen molar-refractivity contribution >= 4 is 11.0 Å². The van der Waals surface area contributed by atoms with E-state index >= 15 is 0 Å². The monoisotopic (exact) mass is 454 g/mol. The van der Waals surface area contributed by atoms with Crippen LogP contribution in [-0.2, 0) is 6.42 Å². The minimum atomic E-state index is -0.382. The van der Waals surface area contributed by atoms with Gasteiger partial charge in [0.25, 0.3) is 0 Å².